The molecule has 3 rings (SSSR count). The molecule has 8 heteroatoms. The number of benzene rings is 1. The number of rotatable bonds is 5. The Labute approximate surface area is 156 Å². The number of aromatic nitrogens is 1. The highest BCUT2D eigenvalue weighted by Gasteiger charge is 2.36. The summed E-state index contributed by atoms with van der Waals surface area (Å²) in [5.74, 6) is -1.56. The molecule has 0 spiro atoms. The SMILES string of the molecule is CCOc1ccc(C2CC(C(=O)Nc3c(F)cccc3F)NN2C)c(C)n1. The Bertz CT molecular complexity index is 826. The third-order valence-corrected chi connectivity index (χ3v) is 4.57. The number of hydrogen-bond acceptors (Lipinski definition) is 5. The smallest absolute Gasteiger partial charge is 0.243 e. The van der Waals surface area contributed by atoms with Gasteiger partial charge in [-0.2, -0.15) is 0 Å². The van der Waals surface area contributed by atoms with Crippen molar-refractivity contribution in [3.8, 4) is 5.88 Å². The van der Waals surface area contributed by atoms with Crippen molar-refractivity contribution in [2.24, 2.45) is 0 Å². The summed E-state index contributed by atoms with van der Waals surface area (Å²) in [6, 6.07) is 6.45. The van der Waals surface area contributed by atoms with Crippen molar-refractivity contribution in [2.75, 3.05) is 19.0 Å². The molecule has 144 valence electrons. The van der Waals surface area contributed by atoms with Crippen LogP contribution in [0, 0.1) is 18.6 Å². The number of anilines is 1. The number of halogens is 2. The molecule has 1 amide bonds. The summed E-state index contributed by atoms with van der Waals surface area (Å²) in [4.78, 5) is 16.9. The molecule has 0 radical (unpaired) electrons. The van der Waals surface area contributed by atoms with Crippen molar-refractivity contribution >= 4 is 11.6 Å². The maximum absolute atomic E-state index is 13.8. The number of para-hydroxylation sites is 1. The fourth-order valence-corrected chi connectivity index (χ4v) is 3.23. The lowest BCUT2D eigenvalue weighted by Gasteiger charge is -2.20. The molecule has 1 aromatic carbocycles. The largest absolute Gasteiger partial charge is 0.478 e. The molecule has 1 aliphatic heterocycles. The summed E-state index contributed by atoms with van der Waals surface area (Å²) in [5.41, 5.74) is 4.38. The number of nitrogens with zero attached hydrogens (tertiary/aromatic N) is 2. The number of carbonyl (C=O) groups excluding carboxylic acids is 1. The Morgan fingerprint density at radius 3 is 2.67 bits per heavy atom. The Morgan fingerprint density at radius 1 is 1.33 bits per heavy atom. The maximum Gasteiger partial charge on any atom is 0.243 e. The van der Waals surface area contributed by atoms with Crippen LogP contribution in [-0.2, 0) is 4.79 Å². The van der Waals surface area contributed by atoms with E-state index >= 15 is 0 Å². The van der Waals surface area contributed by atoms with Crippen LogP contribution in [-0.4, -0.2) is 35.6 Å². The van der Waals surface area contributed by atoms with Crippen molar-refractivity contribution in [1.82, 2.24) is 15.4 Å². The number of hydrogen-bond donors (Lipinski definition) is 2. The molecule has 1 saturated heterocycles. The van der Waals surface area contributed by atoms with Gasteiger partial charge in [0, 0.05) is 18.8 Å². The molecular formula is C19H22F2N4O2. The summed E-state index contributed by atoms with van der Waals surface area (Å²) in [7, 11) is 1.82. The Balaban J connectivity index is 1.73. The van der Waals surface area contributed by atoms with Crippen molar-refractivity contribution in [3.05, 3.63) is 53.2 Å². The van der Waals surface area contributed by atoms with Crippen molar-refractivity contribution < 1.29 is 18.3 Å². The van der Waals surface area contributed by atoms with E-state index in [-0.39, 0.29) is 6.04 Å². The number of amides is 1. The Hall–Kier alpha value is -2.58. The monoisotopic (exact) mass is 376 g/mol. The zero-order valence-corrected chi connectivity index (χ0v) is 15.4. The molecule has 0 bridgehead atoms. The van der Waals surface area contributed by atoms with Gasteiger partial charge in [0.1, 0.15) is 23.4 Å². The molecule has 2 heterocycles. The van der Waals surface area contributed by atoms with Gasteiger partial charge in [-0.15, -0.1) is 0 Å². The molecule has 27 heavy (non-hydrogen) atoms. The molecule has 2 unspecified atom stereocenters. The molecule has 2 atom stereocenters. The van der Waals surface area contributed by atoms with Crippen LogP contribution in [0.2, 0.25) is 0 Å². The minimum Gasteiger partial charge on any atom is -0.478 e. The highest BCUT2D eigenvalue weighted by molar-refractivity contribution is 5.95. The van der Waals surface area contributed by atoms with E-state index in [1.54, 1.807) is 6.07 Å². The van der Waals surface area contributed by atoms with Crippen LogP contribution >= 0.6 is 0 Å². The van der Waals surface area contributed by atoms with Crippen LogP contribution in [0.1, 0.15) is 30.6 Å². The molecule has 1 aliphatic rings. The second kappa shape index (κ2) is 7.98. The summed E-state index contributed by atoms with van der Waals surface area (Å²) < 4.78 is 32.9. The first-order valence-corrected chi connectivity index (χ1v) is 8.75. The van der Waals surface area contributed by atoms with Gasteiger partial charge in [0.25, 0.3) is 0 Å². The van der Waals surface area contributed by atoms with Crippen molar-refractivity contribution in [2.45, 2.75) is 32.4 Å². The quantitative estimate of drug-likeness (QED) is 0.840. The summed E-state index contributed by atoms with van der Waals surface area (Å²) in [6.45, 7) is 4.31. The van der Waals surface area contributed by atoms with E-state index in [0.29, 0.717) is 18.9 Å². The fourth-order valence-electron chi connectivity index (χ4n) is 3.23. The molecule has 1 aromatic heterocycles. The Kier molecular flexibility index (Phi) is 5.67. The van der Waals surface area contributed by atoms with Crippen molar-refractivity contribution in [1.29, 1.82) is 0 Å². The third kappa shape index (κ3) is 4.06. The van der Waals surface area contributed by atoms with Crippen LogP contribution in [0.15, 0.2) is 30.3 Å². The first kappa shape index (κ1) is 19.2. The van der Waals surface area contributed by atoms with Gasteiger partial charge in [0.2, 0.25) is 11.8 Å². The van der Waals surface area contributed by atoms with Crippen LogP contribution < -0.4 is 15.5 Å². The number of carbonyl (C=O) groups is 1. The van der Waals surface area contributed by atoms with E-state index < -0.39 is 29.3 Å². The molecule has 2 aromatic rings. The van der Waals surface area contributed by atoms with Gasteiger partial charge in [0.15, 0.2) is 0 Å². The molecule has 6 nitrogen and oxygen atoms in total. The van der Waals surface area contributed by atoms with Crippen LogP contribution in [0.5, 0.6) is 5.88 Å². The summed E-state index contributed by atoms with van der Waals surface area (Å²) in [5, 5.41) is 4.15. The molecule has 0 aliphatic carbocycles. The van der Waals surface area contributed by atoms with E-state index in [9.17, 15) is 13.6 Å². The van der Waals surface area contributed by atoms with E-state index in [0.717, 1.165) is 23.4 Å². The van der Waals surface area contributed by atoms with Gasteiger partial charge in [-0.1, -0.05) is 12.1 Å². The third-order valence-electron chi connectivity index (χ3n) is 4.57. The number of ether oxygens (including phenoxy) is 1. The van der Waals surface area contributed by atoms with E-state index in [2.05, 4.69) is 15.7 Å². The highest BCUT2D eigenvalue weighted by Crippen LogP contribution is 2.32. The standard InChI is InChI=1S/C19H22F2N4O2/c1-4-27-17-9-8-12(11(2)22-17)16-10-15(24-25(16)3)19(26)23-18-13(20)6-5-7-14(18)21/h5-9,15-16,24H,4,10H2,1-3H3,(H,23,26). The number of pyridine rings is 1. The van der Waals surface area contributed by atoms with Gasteiger partial charge in [-0.25, -0.2) is 24.2 Å². The topological polar surface area (TPSA) is 66.5 Å². The normalized spacial score (nSPS) is 19.9. The van der Waals surface area contributed by atoms with E-state index in [4.69, 9.17) is 4.74 Å². The van der Waals surface area contributed by atoms with Gasteiger partial charge in [0.05, 0.1) is 12.6 Å². The van der Waals surface area contributed by atoms with Crippen LogP contribution in [0.3, 0.4) is 0 Å². The summed E-state index contributed by atoms with van der Waals surface area (Å²) >= 11 is 0. The van der Waals surface area contributed by atoms with E-state index in [1.807, 2.05) is 32.0 Å². The molecular weight excluding hydrogens is 354 g/mol. The van der Waals surface area contributed by atoms with Gasteiger partial charge in [-0.05, 0) is 38.0 Å². The average Bonchev–Trinajstić information content (AvgIpc) is 3.00. The van der Waals surface area contributed by atoms with Gasteiger partial charge < -0.3 is 10.1 Å². The number of aryl methyl sites for hydroxylation is 1. The molecule has 2 N–H and O–H groups in total. The minimum atomic E-state index is -0.808. The lowest BCUT2D eigenvalue weighted by atomic mass is 10.00. The van der Waals surface area contributed by atoms with Gasteiger partial charge >= 0.3 is 0 Å². The fraction of sp³-hybridized carbons (Fsp3) is 0.368. The van der Waals surface area contributed by atoms with Crippen LogP contribution in [0.25, 0.3) is 0 Å². The van der Waals surface area contributed by atoms with Gasteiger partial charge in [-0.3, -0.25) is 4.79 Å². The minimum absolute atomic E-state index is 0.102. The second-order valence-electron chi connectivity index (χ2n) is 6.39. The Morgan fingerprint density at radius 2 is 2.04 bits per heavy atom. The first-order chi connectivity index (χ1) is 12.9. The number of hydrazine groups is 1. The van der Waals surface area contributed by atoms with E-state index in [1.165, 1.54) is 6.07 Å². The lowest BCUT2D eigenvalue weighted by molar-refractivity contribution is -0.118. The number of nitrogens with one attached hydrogen (secondary N) is 2. The zero-order chi connectivity index (χ0) is 19.6. The molecule has 0 saturated carbocycles. The summed E-state index contributed by atoms with van der Waals surface area (Å²) in [6.07, 6.45) is 0.439. The average molecular weight is 376 g/mol. The molecule has 1 fully saturated rings. The van der Waals surface area contributed by atoms with Crippen molar-refractivity contribution in [3.63, 3.8) is 0 Å². The zero-order valence-electron chi connectivity index (χ0n) is 15.4. The van der Waals surface area contributed by atoms with Crippen LogP contribution in [0.4, 0.5) is 14.5 Å². The highest BCUT2D eigenvalue weighted by atomic mass is 19.1. The maximum atomic E-state index is 13.8. The second-order valence-corrected chi connectivity index (χ2v) is 6.39. The first-order valence-electron chi connectivity index (χ1n) is 8.75. The predicted molar refractivity (Wildman–Crippen MR) is 97.2 cm³/mol. The predicted octanol–water partition coefficient (Wildman–Crippen LogP) is 2.96. The lowest BCUT2D eigenvalue weighted by Crippen LogP contribution is -2.40.